The highest BCUT2D eigenvalue weighted by Gasteiger charge is 2.02. The fraction of sp³-hybridized carbons (Fsp3) is 0.111. The predicted molar refractivity (Wildman–Crippen MR) is 60.4 cm³/mol. The summed E-state index contributed by atoms with van der Waals surface area (Å²) in [5.41, 5.74) is 0.836. The number of rotatable bonds is 3. The minimum Gasteiger partial charge on any atom is -0.365 e. The number of nitrogens with one attached hydrogen (secondary N) is 2. The topological polar surface area (TPSA) is 53.6 Å². The molecule has 2 rings (SSSR count). The second kappa shape index (κ2) is 3.79. The van der Waals surface area contributed by atoms with Crippen LogP contribution in [0.4, 0.5) is 5.82 Å². The first-order valence-electron chi connectivity index (χ1n) is 4.12. The normalized spacial score (nSPS) is 10.4. The molecule has 2 aromatic rings. The predicted octanol–water partition coefficient (Wildman–Crippen LogP) is 2.28. The van der Waals surface area contributed by atoms with Crippen molar-refractivity contribution in [3.63, 3.8) is 0 Å². The van der Waals surface area contributed by atoms with Gasteiger partial charge in [-0.1, -0.05) is 22.5 Å². The van der Waals surface area contributed by atoms with Crippen LogP contribution in [0.1, 0.15) is 0 Å². The molecule has 2 heterocycles. The molecule has 2 aromatic heterocycles. The lowest BCUT2D eigenvalue weighted by Crippen LogP contribution is -2.03. The van der Waals surface area contributed by atoms with Crippen molar-refractivity contribution in [1.82, 2.24) is 15.0 Å². The highest BCUT2D eigenvalue weighted by Crippen LogP contribution is 2.17. The Morgan fingerprint density at radius 3 is 3.21 bits per heavy atom. The first-order valence-corrected chi connectivity index (χ1v) is 4.92. The third-order valence-corrected chi connectivity index (χ3v) is 2.08. The Bertz CT molecular complexity index is 463. The van der Waals surface area contributed by atoms with Gasteiger partial charge in [0.25, 0.3) is 0 Å². The Morgan fingerprint density at radius 1 is 1.57 bits per heavy atom. The standard InChI is InChI=1S/C9H9BrN4/c1-6(10)4-12-9-7-2-3-11-8(7)13-5-14-9/h2-3,5H,1,4H2,(H2,11,12,13,14). The third-order valence-electron chi connectivity index (χ3n) is 1.80. The van der Waals surface area contributed by atoms with Crippen LogP contribution in [-0.2, 0) is 0 Å². The fourth-order valence-corrected chi connectivity index (χ4v) is 1.33. The maximum Gasteiger partial charge on any atom is 0.142 e. The summed E-state index contributed by atoms with van der Waals surface area (Å²) in [6.07, 6.45) is 3.37. The summed E-state index contributed by atoms with van der Waals surface area (Å²) in [7, 11) is 0. The Labute approximate surface area is 89.6 Å². The van der Waals surface area contributed by atoms with Gasteiger partial charge >= 0.3 is 0 Å². The quantitative estimate of drug-likeness (QED) is 0.882. The Balaban J connectivity index is 2.32. The Kier molecular flexibility index (Phi) is 2.49. The van der Waals surface area contributed by atoms with Crippen LogP contribution in [0.3, 0.4) is 0 Å². The third kappa shape index (κ3) is 1.77. The van der Waals surface area contributed by atoms with E-state index in [1.165, 1.54) is 6.33 Å². The number of aromatic amines is 1. The molecule has 0 aliphatic rings. The zero-order chi connectivity index (χ0) is 9.97. The van der Waals surface area contributed by atoms with Gasteiger partial charge in [-0.05, 0) is 6.07 Å². The lowest BCUT2D eigenvalue weighted by Gasteiger charge is -2.04. The molecular weight excluding hydrogens is 244 g/mol. The lowest BCUT2D eigenvalue weighted by atomic mass is 10.4. The fourth-order valence-electron chi connectivity index (χ4n) is 1.19. The van der Waals surface area contributed by atoms with E-state index < -0.39 is 0 Å². The molecule has 0 saturated heterocycles. The highest BCUT2D eigenvalue weighted by molar-refractivity contribution is 9.11. The summed E-state index contributed by atoms with van der Waals surface area (Å²) in [4.78, 5) is 11.3. The van der Waals surface area contributed by atoms with Crippen LogP contribution in [0, 0.1) is 0 Å². The van der Waals surface area contributed by atoms with Gasteiger partial charge < -0.3 is 10.3 Å². The van der Waals surface area contributed by atoms with Crippen molar-refractivity contribution in [2.75, 3.05) is 11.9 Å². The number of aromatic nitrogens is 3. The molecule has 0 spiro atoms. The van der Waals surface area contributed by atoms with Gasteiger partial charge in [0.2, 0.25) is 0 Å². The molecular formula is C9H9BrN4. The lowest BCUT2D eigenvalue weighted by molar-refractivity contribution is 1.17. The molecule has 0 aliphatic carbocycles. The van der Waals surface area contributed by atoms with Gasteiger partial charge in [-0.15, -0.1) is 0 Å². The number of hydrogen-bond donors (Lipinski definition) is 2. The van der Waals surface area contributed by atoms with E-state index in [1.807, 2.05) is 12.3 Å². The van der Waals surface area contributed by atoms with Crippen molar-refractivity contribution in [3.8, 4) is 0 Å². The summed E-state index contributed by atoms with van der Waals surface area (Å²) in [5.74, 6) is 0.817. The number of hydrogen-bond acceptors (Lipinski definition) is 3. The van der Waals surface area contributed by atoms with Gasteiger partial charge in [0.05, 0.1) is 5.39 Å². The highest BCUT2D eigenvalue weighted by atomic mass is 79.9. The summed E-state index contributed by atoms with van der Waals surface area (Å²) in [6, 6.07) is 1.94. The van der Waals surface area contributed by atoms with Crippen molar-refractivity contribution in [1.29, 1.82) is 0 Å². The van der Waals surface area contributed by atoms with Crippen molar-refractivity contribution in [2.24, 2.45) is 0 Å². The van der Waals surface area contributed by atoms with E-state index in [-0.39, 0.29) is 0 Å². The molecule has 0 aliphatic heterocycles. The second-order valence-corrected chi connectivity index (χ2v) is 3.95. The first kappa shape index (κ1) is 9.21. The molecule has 5 heteroatoms. The number of anilines is 1. The average molecular weight is 253 g/mol. The monoisotopic (exact) mass is 252 g/mol. The summed E-state index contributed by atoms with van der Waals surface area (Å²) in [6.45, 7) is 4.39. The molecule has 0 atom stereocenters. The van der Waals surface area contributed by atoms with Gasteiger partial charge in [0, 0.05) is 17.2 Å². The number of nitrogens with zero attached hydrogens (tertiary/aromatic N) is 2. The number of halogens is 1. The molecule has 2 N–H and O–H groups in total. The zero-order valence-electron chi connectivity index (χ0n) is 7.42. The minimum absolute atomic E-state index is 0.650. The van der Waals surface area contributed by atoms with Gasteiger partial charge in [-0.2, -0.15) is 0 Å². The molecule has 72 valence electrons. The van der Waals surface area contributed by atoms with E-state index in [9.17, 15) is 0 Å². The largest absolute Gasteiger partial charge is 0.365 e. The van der Waals surface area contributed by atoms with Crippen molar-refractivity contribution in [3.05, 3.63) is 29.7 Å². The Morgan fingerprint density at radius 2 is 2.43 bits per heavy atom. The van der Waals surface area contributed by atoms with Crippen molar-refractivity contribution >= 4 is 32.8 Å². The Hall–Kier alpha value is -1.36. The maximum absolute atomic E-state index is 4.15. The van der Waals surface area contributed by atoms with Crippen molar-refractivity contribution < 1.29 is 0 Å². The van der Waals surface area contributed by atoms with E-state index in [1.54, 1.807) is 0 Å². The van der Waals surface area contributed by atoms with Crippen LogP contribution in [-0.4, -0.2) is 21.5 Å². The van der Waals surface area contributed by atoms with Gasteiger partial charge in [-0.25, -0.2) is 9.97 Å². The zero-order valence-corrected chi connectivity index (χ0v) is 9.00. The van der Waals surface area contributed by atoms with E-state index in [0.29, 0.717) is 6.54 Å². The first-order chi connectivity index (χ1) is 6.77. The summed E-state index contributed by atoms with van der Waals surface area (Å²) in [5, 5.41) is 4.14. The molecule has 0 amide bonds. The van der Waals surface area contributed by atoms with E-state index in [2.05, 4.69) is 42.8 Å². The van der Waals surface area contributed by atoms with Crippen LogP contribution in [0.5, 0.6) is 0 Å². The molecule has 0 fully saturated rings. The number of H-pyrrole nitrogens is 1. The van der Waals surface area contributed by atoms with Crippen LogP contribution in [0.15, 0.2) is 29.7 Å². The maximum atomic E-state index is 4.15. The number of fused-ring (bicyclic) bond motifs is 1. The van der Waals surface area contributed by atoms with E-state index in [0.717, 1.165) is 21.3 Å². The summed E-state index contributed by atoms with van der Waals surface area (Å²) < 4.78 is 0.889. The van der Waals surface area contributed by atoms with E-state index >= 15 is 0 Å². The average Bonchev–Trinajstić information content (AvgIpc) is 2.62. The molecule has 14 heavy (non-hydrogen) atoms. The minimum atomic E-state index is 0.650. The molecule has 4 nitrogen and oxygen atoms in total. The molecule has 0 bridgehead atoms. The second-order valence-electron chi connectivity index (χ2n) is 2.83. The SMILES string of the molecule is C=C(Br)CNc1ncnc2[nH]ccc12. The molecule has 0 radical (unpaired) electrons. The van der Waals surface area contributed by atoms with Crippen LogP contribution in [0.2, 0.25) is 0 Å². The van der Waals surface area contributed by atoms with Gasteiger partial charge in [0.1, 0.15) is 17.8 Å². The van der Waals surface area contributed by atoms with Crippen LogP contribution >= 0.6 is 15.9 Å². The van der Waals surface area contributed by atoms with Crippen LogP contribution < -0.4 is 5.32 Å². The molecule has 0 unspecified atom stereocenters. The smallest absolute Gasteiger partial charge is 0.142 e. The molecule has 0 aromatic carbocycles. The van der Waals surface area contributed by atoms with Gasteiger partial charge in [0.15, 0.2) is 0 Å². The van der Waals surface area contributed by atoms with Gasteiger partial charge in [-0.3, -0.25) is 0 Å². The summed E-state index contributed by atoms with van der Waals surface area (Å²) >= 11 is 3.28. The molecule has 0 saturated carbocycles. The van der Waals surface area contributed by atoms with Crippen LogP contribution in [0.25, 0.3) is 11.0 Å². The van der Waals surface area contributed by atoms with Crippen molar-refractivity contribution in [2.45, 2.75) is 0 Å². The van der Waals surface area contributed by atoms with E-state index in [4.69, 9.17) is 0 Å².